The molecule has 3 aromatic rings. The van der Waals surface area contributed by atoms with E-state index < -0.39 is 0 Å². The summed E-state index contributed by atoms with van der Waals surface area (Å²) in [5.74, 6) is 1.36. The number of piperidine rings is 1. The number of imidazole rings is 1. The molecule has 1 aliphatic heterocycles. The van der Waals surface area contributed by atoms with E-state index in [0.29, 0.717) is 5.92 Å². The maximum absolute atomic E-state index is 4.59. The summed E-state index contributed by atoms with van der Waals surface area (Å²) in [4.78, 5) is 4.59. The SMILES string of the molecule is CC1CNCC(Cn2cc(-c3cn4ccccc4n3)nn2)C1. The van der Waals surface area contributed by atoms with Crippen molar-refractivity contribution in [2.75, 3.05) is 13.1 Å². The van der Waals surface area contributed by atoms with E-state index in [4.69, 9.17) is 0 Å². The molecule has 2 unspecified atom stereocenters. The lowest BCUT2D eigenvalue weighted by molar-refractivity contribution is 0.266. The van der Waals surface area contributed by atoms with E-state index in [1.54, 1.807) is 0 Å². The quantitative estimate of drug-likeness (QED) is 0.801. The Bertz CT molecular complexity index is 741. The number of nitrogens with zero attached hydrogens (tertiary/aromatic N) is 5. The Balaban J connectivity index is 1.53. The highest BCUT2D eigenvalue weighted by Gasteiger charge is 2.19. The minimum absolute atomic E-state index is 0.624. The molecule has 4 heterocycles. The highest BCUT2D eigenvalue weighted by molar-refractivity contribution is 5.57. The topological polar surface area (TPSA) is 60.0 Å². The number of aromatic nitrogens is 5. The first-order valence-corrected chi connectivity index (χ1v) is 7.83. The van der Waals surface area contributed by atoms with Gasteiger partial charge in [-0.3, -0.25) is 4.68 Å². The maximum atomic E-state index is 4.59. The van der Waals surface area contributed by atoms with Gasteiger partial charge in [0.2, 0.25) is 0 Å². The van der Waals surface area contributed by atoms with Crippen LogP contribution in [0.25, 0.3) is 17.0 Å². The van der Waals surface area contributed by atoms with E-state index in [-0.39, 0.29) is 0 Å². The van der Waals surface area contributed by atoms with E-state index >= 15 is 0 Å². The van der Waals surface area contributed by atoms with Gasteiger partial charge in [-0.05, 0) is 43.5 Å². The van der Waals surface area contributed by atoms with Crippen molar-refractivity contribution in [3.63, 3.8) is 0 Å². The van der Waals surface area contributed by atoms with Gasteiger partial charge in [-0.25, -0.2) is 4.98 Å². The normalized spacial score (nSPS) is 22.2. The maximum Gasteiger partial charge on any atom is 0.137 e. The van der Waals surface area contributed by atoms with Gasteiger partial charge in [0.1, 0.15) is 17.0 Å². The number of hydrogen-bond acceptors (Lipinski definition) is 4. The first-order chi connectivity index (χ1) is 10.8. The molecule has 1 fully saturated rings. The second-order valence-corrected chi connectivity index (χ2v) is 6.28. The largest absolute Gasteiger partial charge is 0.316 e. The lowest BCUT2D eigenvalue weighted by atomic mass is 9.92. The fraction of sp³-hybridized carbons (Fsp3) is 0.438. The van der Waals surface area contributed by atoms with Crippen LogP contribution in [0.4, 0.5) is 0 Å². The van der Waals surface area contributed by atoms with Crippen molar-refractivity contribution in [3.05, 3.63) is 36.8 Å². The van der Waals surface area contributed by atoms with Crippen molar-refractivity contribution in [2.24, 2.45) is 11.8 Å². The van der Waals surface area contributed by atoms with Gasteiger partial charge in [0.25, 0.3) is 0 Å². The summed E-state index contributed by atoms with van der Waals surface area (Å²) < 4.78 is 3.95. The summed E-state index contributed by atoms with van der Waals surface area (Å²) in [6.07, 6.45) is 7.23. The Morgan fingerprint density at radius 2 is 2.18 bits per heavy atom. The molecule has 4 rings (SSSR count). The lowest BCUT2D eigenvalue weighted by Gasteiger charge is -2.27. The number of hydrogen-bond donors (Lipinski definition) is 1. The fourth-order valence-electron chi connectivity index (χ4n) is 3.24. The average molecular weight is 296 g/mol. The van der Waals surface area contributed by atoms with E-state index in [1.165, 1.54) is 6.42 Å². The van der Waals surface area contributed by atoms with Crippen LogP contribution in [-0.4, -0.2) is 37.5 Å². The van der Waals surface area contributed by atoms with Crippen LogP contribution in [0.5, 0.6) is 0 Å². The minimum Gasteiger partial charge on any atom is -0.316 e. The van der Waals surface area contributed by atoms with Gasteiger partial charge in [-0.15, -0.1) is 5.10 Å². The summed E-state index contributed by atoms with van der Waals surface area (Å²) >= 11 is 0. The van der Waals surface area contributed by atoms with Crippen molar-refractivity contribution in [2.45, 2.75) is 19.9 Å². The molecule has 114 valence electrons. The zero-order chi connectivity index (χ0) is 14.9. The van der Waals surface area contributed by atoms with Crippen LogP contribution >= 0.6 is 0 Å². The summed E-state index contributed by atoms with van der Waals surface area (Å²) in [5, 5.41) is 12.0. The number of rotatable bonds is 3. The Morgan fingerprint density at radius 1 is 1.23 bits per heavy atom. The van der Waals surface area contributed by atoms with Crippen LogP contribution in [0.1, 0.15) is 13.3 Å². The molecule has 0 amide bonds. The minimum atomic E-state index is 0.624. The van der Waals surface area contributed by atoms with E-state index in [2.05, 4.69) is 27.5 Å². The van der Waals surface area contributed by atoms with E-state index in [9.17, 15) is 0 Å². The van der Waals surface area contributed by atoms with Crippen molar-refractivity contribution in [3.8, 4) is 11.4 Å². The van der Waals surface area contributed by atoms with Crippen molar-refractivity contribution in [1.82, 2.24) is 29.7 Å². The first kappa shape index (κ1) is 13.5. The molecule has 6 nitrogen and oxygen atoms in total. The van der Waals surface area contributed by atoms with Crippen LogP contribution in [0.15, 0.2) is 36.8 Å². The molecule has 0 spiro atoms. The molecule has 2 atom stereocenters. The molecule has 1 saturated heterocycles. The smallest absolute Gasteiger partial charge is 0.137 e. The van der Waals surface area contributed by atoms with Crippen LogP contribution in [0.3, 0.4) is 0 Å². The molecule has 1 N–H and O–H groups in total. The third-order valence-corrected chi connectivity index (χ3v) is 4.27. The van der Waals surface area contributed by atoms with Crippen molar-refractivity contribution >= 4 is 5.65 Å². The van der Waals surface area contributed by atoms with Crippen LogP contribution in [-0.2, 0) is 6.54 Å². The molecule has 3 aromatic heterocycles. The Hall–Kier alpha value is -2.21. The average Bonchev–Trinajstić information content (AvgIpc) is 3.13. The highest BCUT2D eigenvalue weighted by atomic mass is 15.4. The standard InChI is InChI=1S/C16H20N6/c1-12-6-13(8-17-7-12)9-22-11-15(19-20-22)14-10-21-5-3-2-4-16(21)18-14/h2-5,10-13,17H,6-9H2,1H3. The summed E-state index contributed by atoms with van der Waals surface area (Å²) in [6, 6.07) is 5.97. The number of fused-ring (bicyclic) bond motifs is 1. The molecule has 0 saturated carbocycles. The molecular weight excluding hydrogens is 276 g/mol. The summed E-state index contributed by atoms with van der Waals surface area (Å²) in [7, 11) is 0. The number of nitrogens with one attached hydrogen (secondary N) is 1. The summed E-state index contributed by atoms with van der Waals surface area (Å²) in [5.41, 5.74) is 2.63. The number of pyridine rings is 1. The molecule has 22 heavy (non-hydrogen) atoms. The van der Waals surface area contributed by atoms with Crippen molar-refractivity contribution < 1.29 is 0 Å². The molecule has 6 heteroatoms. The van der Waals surface area contributed by atoms with E-state index in [1.807, 2.05) is 45.9 Å². The molecule has 0 aliphatic carbocycles. The molecule has 0 radical (unpaired) electrons. The molecule has 0 aromatic carbocycles. The van der Waals surface area contributed by atoms with Gasteiger partial charge in [-0.1, -0.05) is 18.2 Å². The van der Waals surface area contributed by atoms with Gasteiger partial charge in [0.15, 0.2) is 0 Å². The third kappa shape index (κ3) is 2.62. The zero-order valence-electron chi connectivity index (χ0n) is 12.7. The second-order valence-electron chi connectivity index (χ2n) is 6.28. The van der Waals surface area contributed by atoms with Crippen LogP contribution in [0, 0.1) is 11.8 Å². The highest BCUT2D eigenvalue weighted by Crippen LogP contribution is 2.19. The molecule has 0 bridgehead atoms. The van der Waals surface area contributed by atoms with Gasteiger partial charge in [0.05, 0.1) is 6.20 Å². The van der Waals surface area contributed by atoms with Crippen LogP contribution in [0.2, 0.25) is 0 Å². The second kappa shape index (κ2) is 5.53. The van der Waals surface area contributed by atoms with Crippen LogP contribution < -0.4 is 5.32 Å². The molecule has 1 aliphatic rings. The van der Waals surface area contributed by atoms with Gasteiger partial charge < -0.3 is 9.72 Å². The zero-order valence-corrected chi connectivity index (χ0v) is 12.7. The lowest BCUT2D eigenvalue weighted by Crippen LogP contribution is -2.37. The molecular formula is C16H20N6. The Morgan fingerprint density at radius 3 is 3.05 bits per heavy atom. The van der Waals surface area contributed by atoms with Gasteiger partial charge >= 0.3 is 0 Å². The summed E-state index contributed by atoms with van der Waals surface area (Å²) in [6.45, 7) is 5.40. The fourth-order valence-corrected chi connectivity index (χ4v) is 3.24. The van der Waals surface area contributed by atoms with Crippen molar-refractivity contribution in [1.29, 1.82) is 0 Å². The predicted molar refractivity (Wildman–Crippen MR) is 84.3 cm³/mol. The third-order valence-electron chi connectivity index (χ3n) is 4.27. The monoisotopic (exact) mass is 296 g/mol. The van der Waals surface area contributed by atoms with E-state index in [0.717, 1.165) is 42.6 Å². The Labute approximate surface area is 129 Å². The Kier molecular flexibility index (Phi) is 3.38. The first-order valence-electron chi connectivity index (χ1n) is 7.83. The van der Waals surface area contributed by atoms with Gasteiger partial charge in [-0.2, -0.15) is 0 Å². The predicted octanol–water partition coefficient (Wildman–Crippen LogP) is 1.84. The van der Waals surface area contributed by atoms with Gasteiger partial charge in [0, 0.05) is 18.9 Å².